The maximum absolute atomic E-state index is 12.9. The van der Waals surface area contributed by atoms with Crippen LogP contribution in [-0.2, 0) is 9.53 Å². The molecular formula is C48H32O2. The van der Waals surface area contributed by atoms with Gasteiger partial charge >= 0.3 is 0 Å². The SMILES string of the molecule is C=C=C=C=C=C=C=C=C=C=C=C=C=C=C1CC2(CCC(=C)O2)C2(C)CCC3C(C(=C=C=C=C=C=C)C(=C=C=C=C=C)C4=CC(=O)CCC43C)C12. The first-order valence-corrected chi connectivity index (χ1v) is 16.3. The molecule has 0 bridgehead atoms. The molecule has 0 amide bonds. The molecule has 0 N–H and O–H groups in total. The third-order valence-electron chi connectivity index (χ3n) is 10.7. The van der Waals surface area contributed by atoms with E-state index < -0.39 is 5.60 Å². The van der Waals surface area contributed by atoms with Crippen molar-refractivity contribution in [3.8, 4) is 0 Å². The highest BCUT2D eigenvalue weighted by Gasteiger charge is 2.69. The third-order valence-corrected chi connectivity index (χ3v) is 10.7. The Balaban J connectivity index is 1.87. The standard InChI is InChI=1S/C48H32O2/c1-7-10-13-15-16-17-18-19-20-21-22-24-26-38-36-48(34-29-37(4)50-48)47(6)33-31-42-44(45(38)47)41(28-25-14-11-8-2)40(27-23-12-9-3)43-35-39(49)30-32-46(42,43)5/h35,42,44-45H,1-4,29-34,36H2,5-6H3. The van der Waals surface area contributed by atoms with E-state index >= 15 is 0 Å². The molecule has 2 nitrogen and oxygen atoms in total. The van der Waals surface area contributed by atoms with Crippen LogP contribution in [0.15, 0.2) is 187 Å². The average molecular weight is 641 g/mol. The number of hydrogen-bond acceptors (Lipinski definition) is 2. The molecule has 3 saturated carbocycles. The number of ketones is 1. The summed E-state index contributed by atoms with van der Waals surface area (Å²) in [5, 5.41) is 0. The number of fused-ring (bicyclic) bond motifs is 6. The predicted molar refractivity (Wildman–Crippen MR) is 190 cm³/mol. The Hall–Kier alpha value is -6.67. The summed E-state index contributed by atoms with van der Waals surface area (Å²) in [5.74, 6) is 1.02. The summed E-state index contributed by atoms with van der Waals surface area (Å²) < 4.78 is 6.72. The third kappa shape index (κ3) is 6.55. The van der Waals surface area contributed by atoms with Gasteiger partial charge in [0.05, 0.1) is 5.76 Å². The zero-order chi connectivity index (χ0) is 35.6. The predicted octanol–water partition coefficient (Wildman–Crippen LogP) is 9.49. The topological polar surface area (TPSA) is 26.3 Å². The Morgan fingerprint density at radius 2 is 1.26 bits per heavy atom. The van der Waals surface area contributed by atoms with Gasteiger partial charge in [0.2, 0.25) is 0 Å². The van der Waals surface area contributed by atoms with Gasteiger partial charge in [0.1, 0.15) is 5.60 Å². The summed E-state index contributed by atoms with van der Waals surface area (Å²) in [6.07, 6.45) is 7.23. The van der Waals surface area contributed by atoms with Crippen molar-refractivity contribution in [2.75, 3.05) is 0 Å². The van der Waals surface area contributed by atoms with Crippen LogP contribution in [0.4, 0.5) is 0 Å². The Kier molecular flexibility index (Phi) is 10.4. The van der Waals surface area contributed by atoms with Crippen molar-refractivity contribution in [3.63, 3.8) is 0 Å². The molecule has 236 valence electrons. The van der Waals surface area contributed by atoms with Crippen molar-refractivity contribution in [2.24, 2.45) is 28.6 Å². The van der Waals surface area contributed by atoms with Gasteiger partial charge in [-0.15, -0.1) is 0 Å². The molecule has 1 saturated heterocycles. The van der Waals surface area contributed by atoms with E-state index in [1.807, 2.05) is 0 Å². The minimum absolute atomic E-state index is 0.0197. The van der Waals surface area contributed by atoms with Crippen LogP contribution in [0.3, 0.4) is 0 Å². The largest absolute Gasteiger partial charge is 0.491 e. The number of hydrogen-bond donors (Lipinski definition) is 0. The molecule has 5 rings (SSSR count). The molecule has 1 aliphatic heterocycles. The highest BCUT2D eigenvalue weighted by Crippen LogP contribution is 2.72. The lowest BCUT2D eigenvalue weighted by Crippen LogP contribution is -2.55. The summed E-state index contributed by atoms with van der Waals surface area (Å²) >= 11 is 0. The van der Waals surface area contributed by atoms with Gasteiger partial charge in [0.25, 0.3) is 0 Å². The molecule has 0 radical (unpaired) electrons. The van der Waals surface area contributed by atoms with E-state index in [0.29, 0.717) is 12.8 Å². The molecule has 4 aliphatic carbocycles. The van der Waals surface area contributed by atoms with Gasteiger partial charge in [0.15, 0.2) is 5.78 Å². The maximum Gasteiger partial charge on any atom is 0.156 e. The number of carbonyl (C=O) groups excluding carboxylic acids is 1. The summed E-state index contributed by atoms with van der Waals surface area (Å²) in [6, 6.07) is 0. The zero-order valence-corrected chi connectivity index (χ0v) is 28.4. The van der Waals surface area contributed by atoms with Crippen LogP contribution in [0, 0.1) is 28.6 Å². The zero-order valence-electron chi connectivity index (χ0n) is 28.4. The van der Waals surface area contributed by atoms with E-state index in [2.05, 4.69) is 166 Å². The van der Waals surface area contributed by atoms with Crippen LogP contribution in [-0.4, -0.2) is 11.4 Å². The summed E-state index contributed by atoms with van der Waals surface area (Å²) in [7, 11) is 0. The smallest absolute Gasteiger partial charge is 0.156 e. The van der Waals surface area contributed by atoms with E-state index in [1.165, 1.54) is 0 Å². The molecule has 5 aliphatic rings. The van der Waals surface area contributed by atoms with Gasteiger partial charge in [-0.1, -0.05) is 54.8 Å². The van der Waals surface area contributed by atoms with Crippen molar-refractivity contribution >= 4 is 5.78 Å². The van der Waals surface area contributed by atoms with E-state index in [0.717, 1.165) is 60.2 Å². The normalized spacial score (nSPS) is 28.4. The van der Waals surface area contributed by atoms with Gasteiger partial charge < -0.3 is 4.74 Å². The molecule has 50 heavy (non-hydrogen) atoms. The fourth-order valence-corrected chi connectivity index (χ4v) is 8.60. The van der Waals surface area contributed by atoms with Crippen molar-refractivity contribution in [2.45, 2.75) is 64.4 Å². The van der Waals surface area contributed by atoms with Crippen LogP contribution < -0.4 is 0 Å². The lowest BCUT2D eigenvalue weighted by atomic mass is 9.44. The van der Waals surface area contributed by atoms with Crippen LogP contribution >= 0.6 is 0 Å². The molecule has 6 unspecified atom stereocenters. The molecule has 1 spiro atoms. The molecule has 4 fully saturated rings. The van der Waals surface area contributed by atoms with Crippen molar-refractivity contribution in [3.05, 3.63) is 187 Å². The van der Waals surface area contributed by atoms with E-state index in [9.17, 15) is 4.79 Å². The second kappa shape index (κ2) is 15.0. The number of ether oxygens (including phenoxy) is 1. The van der Waals surface area contributed by atoms with Crippen LogP contribution in [0.5, 0.6) is 0 Å². The minimum atomic E-state index is -0.442. The van der Waals surface area contributed by atoms with Crippen molar-refractivity contribution in [1.29, 1.82) is 0 Å². The first-order chi connectivity index (χ1) is 24.2. The highest BCUT2D eigenvalue weighted by molar-refractivity contribution is 5.93. The number of rotatable bonds is 0. The van der Waals surface area contributed by atoms with Gasteiger partial charge in [-0.05, 0) is 166 Å². The fourth-order valence-electron chi connectivity index (χ4n) is 8.60. The van der Waals surface area contributed by atoms with Crippen LogP contribution in [0.1, 0.15) is 58.8 Å². The van der Waals surface area contributed by atoms with Crippen LogP contribution in [0.2, 0.25) is 0 Å². The first-order valence-electron chi connectivity index (χ1n) is 16.3. The summed E-state index contributed by atoms with van der Waals surface area (Å²) in [6.45, 7) is 19.4. The molecule has 0 aromatic rings. The lowest BCUT2D eigenvalue weighted by Gasteiger charge is -2.59. The second-order valence-electron chi connectivity index (χ2n) is 13.0. The van der Waals surface area contributed by atoms with E-state index in [1.54, 1.807) is 6.08 Å². The van der Waals surface area contributed by atoms with Gasteiger partial charge in [-0.25, -0.2) is 0 Å². The second-order valence-corrected chi connectivity index (χ2v) is 13.0. The highest BCUT2D eigenvalue weighted by atomic mass is 16.5. The molecule has 0 aromatic heterocycles. The summed E-state index contributed by atoms with van der Waals surface area (Å²) in [4.78, 5) is 12.9. The quantitative estimate of drug-likeness (QED) is 0.247. The number of allylic oxidation sites excluding steroid dienone is 4. The molecule has 0 aromatic carbocycles. The van der Waals surface area contributed by atoms with Crippen LogP contribution in [0.25, 0.3) is 0 Å². The van der Waals surface area contributed by atoms with E-state index in [-0.39, 0.29) is 34.4 Å². The summed E-state index contributed by atoms with van der Waals surface area (Å²) in [5.41, 5.74) is 64.4. The monoisotopic (exact) mass is 640 g/mol. The van der Waals surface area contributed by atoms with Crippen molar-refractivity contribution < 1.29 is 9.53 Å². The van der Waals surface area contributed by atoms with Crippen molar-refractivity contribution in [1.82, 2.24) is 0 Å². The lowest BCUT2D eigenvalue weighted by molar-refractivity contribution is -0.119. The molecular weight excluding hydrogens is 609 g/mol. The van der Waals surface area contributed by atoms with Gasteiger partial charge in [0, 0.05) is 47.7 Å². The molecule has 1 heterocycles. The maximum atomic E-state index is 12.9. The Labute approximate surface area is 294 Å². The molecule has 6 atom stereocenters. The minimum Gasteiger partial charge on any atom is -0.491 e. The Morgan fingerprint density at radius 3 is 1.88 bits per heavy atom. The Morgan fingerprint density at radius 1 is 0.700 bits per heavy atom. The van der Waals surface area contributed by atoms with E-state index in [4.69, 9.17) is 4.74 Å². The average Bonchev–Trinajstić information content (AvgIpc) is 3.60. The van der Waals surface area contributed by atoms with Gasteiger partial charge in [-0.2, -0.15) is 0 Å². The fraction of sp³-hybridized carbons (Fsp3) is 0.312. The van der Waals surface area contributed by atoms with Gasteiger partial charge in [-0.3, -0.25) is 4.79 Å². The first kappa shape index (κ1) is 34.7. The Bertz CT molecular complexity index is 2560. The number of carbonyl (C=O) groups is 1. The molecule has 2 heteroatoms.